The molecular weight excluding hydrogens is 256 g/mol. The number of hydrogen-bond acceptors (Lipinski definition) is 3. The molecule has 19 heavy (non-hydrogen) atoms. The summed E-state index contributed by atoms with van der Waals surface area (Å²) in [6.45, 7) is 0. The monoisotopic (exact) mass is 268 g/mol. The fraction of sp³-hybridized carbons (Fsp3) is 0.0667. The van der Waals surface area contributed by atoms with Crippen LogP contribution in [0.2, 0.25) is 0 Å². The van der Waals surface area contributed by atoms with Crippen molar-refractivity contribution in [1.29, 1.82) is 0 Å². The highest BCUT2D eigenvalue weighted by Gasteiger charge is 2.05. The van der Waals surface area contributed by atoms with E-state index in [1.807, 2.05) is 22.2 Å². The molecule has 0 radical (unpaired) electrons. The van der Waals surface area contributed by atoms with Crippen molar-refractivity contribution in [2.75, 3.05) is 0 Å². The molecule has 0 saturated carbocycles. The number of rotatable bonds is 3. The van der Waals surface area contributed by atoms with Crippen LogP contribution in [0.4, 0.5) is 0 Å². The fourth-order valence-electron chi connectivity index (χ4n) is 2.00. The summed E-state index contributed by atoms with van der Waals surface area (Å²) >= 11 is 1.47. The van der Waals surface area contributed by atoms with Crippen molar-refractivity contribution in [2.24, 2.45) is 0 Å². The van der Waals surface area contributed by atoms with Crippen molar-refractivity contribution in [1.82, 2.24) is 9.55 Å². The number of aromatic nitrogens is 2. The van der Waals surface area contributed by atoms with Gasteiger partial charge in [0.05, 0.1) is 11.2 Å². The molecule has 0 atom stereocenters. The predicted octanol–water partition coefficient (Wildman–Crippen LogP) is 3.64. The minimum atomic E-state index is 0.757. The van der Waals surface area contributed by atoms with Gasteiger partial charge in [-0.2, -0.15) is 0 Å². The van der Waals surface area contributed by atoms with Crippen molar-refractivity contribution in [3.8, 4) is 0 Å². The molecular formula is C15H12N2OS. The van der Waals surface area contributed by atoms with Crippen LogP contribution in [0.15, 0.2) is 54.5 Å². The van der Waals surface area contributed by atoms with Crippen molar-refractivity contribution in [3.05, 3.63) is 64.9 Å². The number of imidazole rings is 1. The van der Waals surface area contributed by atoms with Gasteiger partial charge in [-0.25, -0.2) is 4.98 Å². The average molecular weight is 268 g/mol. The van der Waals surface area contributed by atoms with Gasteiger partial charge in [0.25, 0.3) is 0 Å². The number of carbonyl (C=O) groups excluding carboxylic acids is 1. The lowest BCUT2D eigenvalue weighted by Gasteiger charge is -2.02. The molecule has 0 saturated heterocycles. The van der Waals surface area contributed by atoms with E-state index in [0.717, 1.165) is 28.7 Å². The van der Waals surface area contributed by atoms with Crippen molar-refractivity contribution in [2.45, 2.75) is 6.42 Å². The van der Waals surface area contributed by atoms with Crippen LogP contribution in [0.25, 0.3) is 11.3 Å². The largest absolute Gasteiger partial charge is 0.310 e. The zero-order valence-corrected chi connectivity index (χ0v) is 11.0. The lowest BCUT2D eigenvalue weighted by molar-refractivity contribution is 0.112. The Hall–Kier alpha value is -2.20. The Morgan fingerprint density at radius 3 is 3.05 bits per heavy atom. The fourth-order valence-corrected chi connectivity index (χ4v) is 2.71. The second kappa shape index (κ2) is 5.20. The normalized spacial score (nSPS) is 14.7. The van der Waals surface area contributed by atoms with Crippen LogP contribution < -0.4 is 0 Å². The van der Waals surface area contributed by atoms with E-state index in [1.54, 1.807) is 12.5 Å². The number of hydrogen-bond donors (Lipinski definition) is 0. The Bertz CT molecular complexity index is 675. The Balaban J connectivity index is 1.93. The smallest absolute Gasteiger partial charge is 0.160 e. The van der Waals surface area contributed by atoms with Crippen molar-refractivity contribution in [3.63, 3.8) is 0 Å². The van der Waals surface area contributed by atoms with Gasteiger partial charge < -0.3 is 4.57 Å². The maximum atomic E-state index is 10.7. The van der Waals surface area contributed by atoms with E-state index in [0.29, 0.717) is 0 Å². The van der Waals surface area contributed by atoms with Crippen LogP contribution in [0.5, 0.6) is 0 Å². The zero-order chi connectivity index (χ0) is 13.1. The Morgan fingerprint density at radius 1 is 1.37 bits per heavy atom. The summed E-state index contributed by atoms with van der Waals surface area (Å²) in [5.74, 6) is 0. The molecule has 0 bridgehead atoms. The predicted molar refractivity (Wildman–Crippen MR) is 77.9 cm³/mol. The second-order valence-electron chi connectivity index (χ2n) is 4.21. The first-order valence-electron chi connectivity index (χ1n) is 5.96. The molecule has 0 N–H and O–H groups in total. The number of aldehydes is 1. The Kier molecular flexibility index (Phi) is 3.25. The molecule has 4 heteroatoms. The molecule has 1 aliphatic rings. The van der Waals surface area contributed by atoms with E-state index in [1.165, 1.54) is 17.0 Å². The Morgan fingerprint density at radius 2 is 2.32 bits per heavy atom. The maximum absolute atomic E-state index is 10.7. The van der Waals surface area contributed by atoms with Gasteiger partial charge in [-0.1, -0.05) is 18.2 Å². The SMILES string of the molecule is O=Cc1cc(C2=CC=C(n3ccnc3)CC=C2)cs1. The van der Waals surface area contributed by atoms with Crippen LogP contribution in [0.3, 0.4) is 0 Å². The molecule has 0 fully saturated rings. The summed E-state index contributed by atoms with van der Waals surface area (Å²) in [6.07, 6.45) is 15.7. The Labute approximate surface area is 115 Å². The zero-order valence-electron chi connectivity index (χ0n) is 10.2. The van der Waals surface area contributed by atoms with E-state index in [9.17, 15) is 4.79 Å². The van der Waals surface area contributed by atoms with Gasteiger partial charge in [-0.05, 0) is 28.7 Å². The highest BCUT2D eigenvalue weighted by Crippen LogP contribution is 2.25. The molecule has 0 unspecified atom stereocenters. The summed E-state index contributed by atoms with van der Waals surface area (Å²) in [5.41, 5.74) is 3.39. The molecule has 0 aromatic carbocycles. The topological polar surface area (TPSA) is 34.9 Å². The third-order valence-electron chi connectivity index (χ3n) is 2.98. The molecule has 0 spiro atoms. The van der Waals surface area contributed by atoms with Crippen LogP contribution in [-0.4, -0.2) is 15.8 Å². The van der Waals surface area contributed by atoms with Gasteiger partial charge in [0.1, 0.15) is 0 Å². The summed E-state index contributed by atoms with van der Waals surface area (Å²) in [4.78, 5) is 15.5. The number of allylic oxidation sites excluding steroid dienone is 6. The van der Waals surface area contributed by atoms with Crippen LogP contribution in [0, 0.1) is 0 Å². The lowest BCUT2D eigenvalue weighted by atomic mass is 10.1. The van der Waals surface area contributed by atoms with E-state index in [4.69, 9.17) is 0 Å². The average Bonchev–Trinajstić information content (AvgIpc) is 3.07. The molecule has 2 heterocycles. The standard InChI is InChI=1S/C15H12N2OS/c18-9-15-8-13(10-19-15)12-2-1-3-14(5-4-12)17-7-6-16-11-17/h1-2,4-11H,3H2. The number of nitrogens with zero attached hydrogens (tertiary/aromatic N) is 2. The molecule has 0 aliphatic heterocycles. The minimum absolute atomic E-state index is 0.757. The third kappa shape index (κ3) is 2.48. The lowest BCUT2D eigenvalue weighted by Crippen LogP contribution is -1.91. The van der Waals surface area contributed by atoms with Gasteiger partial charge in [0.2, 0.25) is 0 Å². The van der Waals surface area contributed by atoms with E-state index in [-0.39, 0.29) is 0 Å². The van der Waals surface area contributed by atoms with Gasteiger partial charge >= 0.3 is 0 Å². The van der Waals surface area contributed by atoms with Crippen molar-refractivity contribution < 1.29 is 4.79 Å². The van der Waals surface area contributed by atoms with E-state index >= 15 is 0 Å². The summed E-state index contributed by atoms with van der Waals surface area (Å²) in [6, 6.07) is 1.92. The first kappa shape index (κ1) is 11.9. The highest BCUT2D eigenvalue weighted by molar-refractivity contribution is 7.11. The van der Waals surface area contributed by atoms with Gasteiger partial charge in [0.15, 0.2) is 6.29 Å². The van der Waals surface area contributed by atoms with Gasteiger partial charge in [-0.3, -0.25) is 4.79 Å². The first-order chi connectivity index (χ1) is 9.36. The second-order valence-corrected chi connectivity index (χ2v) is 5.15. The summed E-state index contributed by atoms with van der Waals surface area (Å²) < 4.78 is 2.01. The summed E-state index contributed by atoms with van der Waals surface area (Å²) in [7, 11) is 0. The van der Waals surface area contributed by atoms with Gasteiger partial charge in [-0.15, -0.1) is 11.3 Å². The quantitative estimate of drug-likeness (QED) is 0.796. The van der Waals surface area contributed by atoms with Gasteiger partial charge in [0, 0.05) is 24.5 Å². The maximum Gasteiger partial charge on any atom is 0.160 e. The van der Waals surface area contributed by atoms with Crippen molar-refractivity contribution >= 4 is 28.9 Å². The molecule has 3 nitrogen and oxygen atoms in total. The molecule has 1 aliphatic carbocycles. The molecule has 2 aromatic heterocycles. The van der Waals surface area contributed by atoms with E-state index in [2.05, 4.69) is 29.3 Å². The van der Waals surface area contributed by atoms with Crippen LogP contribution >= 0.6 is 11.3 Å². The van der Waals surface area contributed by atoms with Crippen LogP contribution in [-0.2, 0) is 0 Å². The molecule has 0 amide bonds. The molecule has 2 aromatic rings. The molecule has 94 valence electrons. The first-order valence-corrected chi connectivity index (χ1v) is 6.84. The minimum Gasteiger partial charge on any atom is -0.310 e. The van der Waals surface area contributed by atoms with E-state index < -0.39 is 0 Å². The number of thiophene rings is 1. The summed E-state index contributed by atoms with van der Waals surface area (Å²) in [5, 5.41) is 2.01. The third-order valence-corrected chi connectivity index (χ3v) is 3.84. The molecule has 3 rings (SSSR count). The highest BCUT2D eigenvalue weighted by atomic mass is 32.1. The number of carbonyl (C=O) groups is 1. The van der Waals surface area contributed by atoms with Crippen LogP contribution in [0.1, 0.15) is 21.7 Å².